The van der Waals surface area contributed by atoms with E-state index in [2.05, 4.69) is 10.6 Å². The highest BCUT2D eigenvalue weighted by molar-refractivity contribution is 5.99. The SMILES string of the molecule is CC(OC(=O)[C@@H](NC(=O)Cc1ccccc1)C(C)C)C(=O)Nc1ccccc1-c1ccccc1. The summed E-state index contributed by atoms with van der Waals surface area (Å²) in [6.45, 7) is 5.15. The maximum atomic E-state index is 12.8. The van der Waals surface area contributed by atoms with Gasteiger partial charge in [0.15, 0.2) is 6.10 Å². The summed E-state index contributed by atoms with van der Waals surface area (Å²) in [7, 11) is 0. The van der Waals surface area contributed by atoms with E-state index in [9.17, 15) is 14.4 Å². The number of nitrogens with one attached hydrogen (secondary N) is 2. The lowest BCUT2D eigenvalue weighted by Crippen LogP contribution is -2.47. The summed E-state index contributed by atoms with van der Waals surface area (Å²) < 4.78 is 5.44. The van der Waals surface area contributed by atoms with E-state index in [0.29, 0.717) is 5.69 Å². The van der Waals surface area contributed by atoms with E-state index in [4.69, 9.17) is 4.74 Å². The summed E-state index contributed by atoms with van der Waals surface area (Å²) >= 11 is 0. The zero-order chi connectivity index (χ0) is 24.5. The fraction of sp³-hybridized carbons (Fsp3) is 0.250. The van der Waals surface area contributed by atoms with Crippen molar-refractivity contribution in [3.05, 3.63) is 90.5 Å². The second-order valence-electron chi connectivity index (χ2n) is 8.43. The molecule has 0 radical (unpaired) electrons. The highest BCUT2D eigenvalue weighted by atomic mass is 16.5. The minimum Gasteiger partial charge on any atom is -0.451 e. The van der Waals surface area contributed by atoms with Crippen LogP contribution in [-0.2, 0) is 25.5 Å². The number of esters is 1. The van der Waals surface area contributed by atoms with E-state index in [1.807, 2.05) is 92.7 Å². The van der Waals surface area contributed by atoms with Crippen LogP contribution in [0.4, 0.5) is 5.69 Å². The minimum absolute atomic E-state index is 0.156. The molecule has 0 aliphatic rings. The molecular weight excluding hydrogens is 428 g/mol. The van der Waals surface area contributed by atoms with Crippen LogP contribution in [0.1, 0.15) is 26.3 Å². The van der Waals surface area contributed by atoms with E-state index in [-0.39, 0.29) is 18.2 Å². The molecule has 0 aliphatic heterocycles. The number of hydrogen-bond donors (Lipinski definition) is 2. The van der Waals surface area contributed by atoms with Crippen LogP contribution in [0.5, 0.6) is 0 Å². The molecule has 0 saturated heterocycles. The Kier molecular flexibility index (Phi) is 8.57. The number of hydrogen-bond acceptors (Lipinski definition) is 4. The Morgan fingerprint density at radius 2 is 1.38 bits per heavy atom. The number of carbonyl (C=O) groups is 3. The first-order valence-electron chi connectivity index (χ1n) is 11.3. The average Bonchev–Trinajstić information content (AvgIpc) is 2.83. The van der Waals surface area contributed by atoms with Crippen molar-refractivity contribution in [2.75, 3.05) is 5.32 Å². The fourth-order valence-corrected chi connectivity index (χ4v) is 3.50. The second-order valence-corrected chi connectivity index (χ2v) is 8.43. The molecule has 2 N–H and O–H groups in total. The summed E-state index contributed by atoms with van der Waals surface area (Å²) in [6, 6.07) is 25.6. The van der Waals surface area contributed by atoms with E-state index in [0.717, 1.165) is 16.7 Å². The molecule has 1 unspecified atom stereocenters. The third-order valence-electron chi connectivity index (χ3n) is 5.38. The molecule has 0 fully saturated rings. The van der Waals surface area contributed by atoms with Gasteiger partial charge in [-0.15, -0.1) is 0 Å². The number of rotatable bonds is 9. The van der Waals surface area contributed by atoms with Gasteiger partial charge in [-0.3, -0.25) is 9.59 Å². The van der Waals surface area contributed by atoms with Crippen LogP contribution < -0.4 is 10.6 Å². The van der Waals surface area contributed by atoms with Gasteiger partial charge >= 0.3 is 5.97 Å². The Morgan fingerprint density at radius 3 is 2.03 bits per heavy atom. The number of carbonyl (C=O) groups excluding carboxylic acids is 3. The third kappa shape index (κ3) is 6.78. The van der Waals surface area contributed by atoms with Gasteiger partial charge in [-0.1, -0.05) is 92.7 Å². The molecule has 0 aromatic heterocycles. The van der Waals surface area contributed by atoms with Crippen LogP contribution in [-0.4, -0.2) is 29.9 Å². The lowest BCUT2D eigenvalue weighted by molar-refractivity contribution is -0.157. The largest absolute Gasteiger partial charge is 0.451 e. The quantitative estimate of drug-likeness (QED) is 0.459. The van der Waals surface area contributed by atoms with Crippen molar-refractivity contribution in [2.45, 2.75) is 39.3 Å². The third-order valence-corrected chi connectivity index (χ3v) is 5.38. The number of ether oxygens (including phenoxy) is 1. The van der Waals surface area contributed by atoms with Gasteiger partial charge in [0.25, 0.3) is 5.91 Å². The lowest BCUT2D eigenvalue weighted by Gasteiger charge is -2.23. The minimum atomic E-state index is -1.04. The summed E-state index contributed by atoms with van der Waals surface area (Å²) in [4.78, 5) is 38.1. The molecule has 176 valence electrons. The molecular formula is C28H30N2O4. The standard InChI is InChI=1S/C28H30N2O4/c1-19(2)26(30-25(31)18-21-12-6-4-7-13-21)28(33)34-20(3)27(32)29-24-17-11-10-16-23(24)22-14-8-5-9-15-22/h4-17,19-20,26H,18H2,1-3H3,(H,29,32)(H,30,31)/t20?,26-/m0/s1. The van der Waals surface area contributed by atoms with Crippen LogP contribution in [0.25, 0.3) is 11.1 Å². The molecule has 34 heavy (non-hydrogen) atoms. The van der Waals surface area contributed by atoms with Crippen molar-refractivity contribution >= 4 is 23.5 Å². The molecule has 0 spiro atoms. The zero-order valence-electron chi connectivity index (χ0n) is 19.7. The molecule has 2 amide bonds. The normalized spacial score (nSPS) is 12.5. The second kappa shape index (κ2) is 11.8. The van der Waals surface area contributed by atoms with Crippen molar-refractivity contribution in [3.8, 4) is 11.1 Å². The first-order chi connectivity index (χ1) is 16.3. The van der Waals surface area contributed by atoms with Crippen molar-refractivity contribution in [1.29, 1.82) is 0 Å². The first-order valence-corrected chi connectivity index (χ1v) is 11.3. The smallest absolute Gasteiger partial charge is 0.329 e. The van der Waals surface area contributed by atoms with Gasteiger partial charge < -0.3 is 15.4 Å². The molecule has 0 saturated carbocycles. The Labute approximate surface area is 200 Å². The Morgan fingerprint density at radius 1 is 0.794 bits per heavy atom. The fourth-order valence-electron chi connectivity index (χ4n) is 3.50. The van der Waals surface area contributed by atoms with Gasteiger partial charge in [-0.25, -0.2) is 4.79 Å². The van der Waals surface area contributed by atoms with E-state index < -0.39 is 24.0 Å². The molecule has 6 nitrogen and oxygen atoms in total. The Bertz CT molecular complexity index is 1110. The molecule has 3 aromatic rings. The predicted molar refractivity (Wildman–Crippen MR) is 133 cm³/mol. The number of para-hydroxylation sites is 1. The van der Waals surface area contributed by atoms with Gasteiger partial charge in [-0.2, -0.15) is 0 Å². The topological polar surface area (TPSA) is 84.5 Å². The monoisotopic (exact) mass is 458 g/mol. The first kappa shape index (κ1) is 24.7. The molecule has 0 heterocycles. The maximum absolute atomic E-state index is 12.8. The van der Waals surface area contributed by atoms with Gasteiger partial charge in [0, 0.05) is 11.3 Å². The van der Waals surface area contributed by atoms with Gasteiger partial charge in [0.1, 0.15) is 6.04 Å². The van der Waals surface area contributed by atoms with Crippen molar-refractivity contribution in [3.63, 3.8) is 0 Å². The Balaban J connectivity index is 1.62. The van der Waals surface area contributed by atoms with E-state index >= 15 is 0 Å². The molecule has 3 rings (SSSR count). The summed E-state index contributed by atoms with van der Waals surface area (Å²) in [5.74, 6) is -1.58. The van der Waals surface area contributed by atoms with Gasteiger partial charge in [0.05, 0.1) is 6.42 Å². The summed E-state index contributed by atoms with van der Waals surface area (Å²) in [5.41, 5.74) is 3.30. The van der Waals surface area contributed by atoms with Gasteiger partial charge in [-0.05, 0) is 30.0 Å². The highest BCUT2D eigenvalue weighted by Crippen LogP contribution is 2.27. The molecule has 0 aliphatic carbocycles. The highest BCUT2D eigenvalue weighted by Gasteiger charge is 2.29. The van der Waals surface area contributed by atoms with Crippen LogP contribution in [0.15, 0.2) is 84.9 Å². The zero-order valence-corrected chi connectivity index (χ0v) is 19.7. The van der Waals surface area contributed by atoms with E-state index in [1.165, 1.54) is 6.92 Å². The van der Waals surface area contributed by atoms with Crippen molar-refractivity contribution < 1.29 is 19.1 Å². The Hall–Kier alpha value is -3.93. The average molecular weight is 459 g/mol. The van der Waals surface area contributed by atoms with Crippen LogP contribution >= 0.6 is 0 Å². The number of amides is 2. The van der Waals surface area contributed by atoms with Crippen LogP contribution in [0, 0.1) is 5.92 Å². The molecule has 2 atom stereocenters. The summed E-state index contributed by atoms with van der Waals surface area (Å²) in [6.07, 6.45) is -0.882. The number of benzene rings is 3. The lowest BCUT2D eigenvalue weighted by atomic mass is 10.0. The number of anilines is 1. The predicted octanol–water partition coefficient (Wildman–Crippen LogP) is 4.61. The molecule has 6 heteroatoms. The van der Waals surface area contributed by atoms with Crippen LogP contribution in [0.3, 0.4) is 0 Å². The molecule has 3 aromatic carbocycles. The van der Waals surface area contributed by atoms with Crippen molar-refractivity contribution in [2.24, 2.45) is 5.92 Å². The van der Waals surface area contributed by atoms with Crippen molar-refractivity contribution in [1.82, 2.24) is 5.32 Å². The molecule has 0 bridgehead atoms. The van der Waals surface area contributed by atoms with E-state index in [1.54, 1.807) is 6.07 Å². The summed E-state index contributed by atoms with van der Waals surface area (Å²) in [5, 5.41) is 5.60. The van der Waals surface area contributed by atoms with Gasteiger partial charge in [0.2, 0.25) is 5.91 Å². The van der Waals surface area contributed by atoms with Crippen LogP contribution in [0.2, 0.25) is 0 Å². The maximum Gasteiger partial charge on any atom is 0.329 e.